The lowest BCUT2D eigenvalue weighted by Gasteiger charge is -2.22. The van der Waals surface area contributed by atoms with Crippen molar-refractivity contribution in [3.63, 3.8) is 0 Å². The van der Waals surface area contributed by atoms with Gasteiger partial charge in [-0.1, -0.05) is 0 Å². The standard InChI is InChI=1S/C6H10F3NO2S/c1-5(2,4-11)13(12)10-3-6(7,8)9/h4,10H,3H2,1-2H3. The van der Waals surface area contributed by atoms with E-state index in [1.54, 1.807) is 4.72 Å². The van der Waals surface area contributed by atoms with E-state index in [0.717, 1.165) is 0 Å². The van der Waals surface area contributed by atoms with Crippen LogP contribution in [0.4, 0.5) is 13.2 Å². The summed E-state index contributed by atoms with van der Waals surface area (Å²) in [5.41, 5.74) is 0. The topological polar surface area (TPSA) is 52.2 Å². The van der Waals surface area contributed by atoms with Crippen LogP contribution in [-0.4, -0.2) is 28.3 Å². The molecule has 0 aromatic heterocycles. The van der Waals surface area contributed by atoms with Gasteiger partial charge in [-0.15, -0.1) is 4.72 Å². The largest absolute Gasteiger partial charge is 0.597 e. The predicted octanol–water partition coefficient (Wildman–Crippen LogP) is 0.780. The number of hydrogen-bond acceptors (Lipinski definition) is 3. The van der Waals surface area contributed by atoms with Crippen molar-refractivity contribution in [2.75, 3.05) is 6.54 Å². The van der Waals surface area contributed by atoms with Crippen molar-refractivity contribution in [2.24, 2.45) is 0 Å². The van der Waals surface area contributed by atoms with Crippen LogP contribution in [0.3, 0.4) is 0 Å². The molecule has 0 aromatic rings. The van der Waals surface area contributed by atoms with Crippen LogP contribution < -0.4 is 4.72 Å². The predicted molar refractivity (Wildman–Crippen MR) is 42.3 cm³/mol. The van der Waals surface area contributed by atoms with E-state index in [4.69, 9.17) is 0 Å². The number of halogens is 3. The highest BCUT2D eigenvalue weighted by Gasteiger charge is 2.36. The zero-order chi connectivity index (χ0) is 10.7. The molecule has 0 amide bonds. The quantitative estimate of drug-likeness (QED) is 0.559. The number of alkyl halides is 3. The third-order valence-corrected chi connectivity index (χ3v) is 2.62. The first-order valence-electron chi connectivity index (χ1n) is 3.37. The molecule has 13 heavy (non-hydrogen) atoms. The summed E-state index contributed by atoms with van der Waals surface area (Å²) >= 11 is -2.01. The van der Waals surface area contributed by atoms with Gasteiger partial charge in [-0.25, -0.2) is 0 Å². The third-order valence-electron chi connectivity index (χ3n) is 1.17. The van der Waals surface area contributed by atoms with Crippen LogP contribution in [0, 0.1) is 0 Å². The second kappa shape index (κ2) is 4.30. The van der Waals surface area contributed by atoms with E-state index >= 15 is 0 Å². The molecule has 1 unspecified atom stereocenters. The molecule has 0 radical (unpaired) electrons. The Labute approximate surface area is 77.0 Å². The normalized spacial score (nSPS) is 15.5. The highest BCUT2D eigenvalue weighted by molar-refractivity contribution is 7.91. The van der Waals surface area contributed by atoms with Crippen LogP contribution in [0.15, 0.2) is 0 Å². The highest BCUT2D eigenvalue weighted by Crippen LogP contribution is 2.16. The van der Waals surface area contributed by atoms with Crippen LogP contribution in [0.1, 0.15) is 13.8 Å². The number of hydrogen-bond donors (Lipinski definition) is 1. The van der Waals surface area contributed by atoms with E-state index in [-0.39, 0.29) is 0 Å². The lowest BCUT2D eigenvalue weighted by molar-refractivity contribution is -0.121. The monoisotopic (exact) mass is 217 g/mol. The van der Waals surface area contributed by atoms with Crippen LogP contribution in [-0.2, 0) is 16.2 Å². The van der Waals surface area contributed by atoms with E-state index < -0.39 is 28.8 Å². The second-order valence-electron chi connectivity index (χ2n) is 2.93. The van der Waals surface area contributed by atoms with E-state index in [1.807, 2.05) is 0 Å². The van der Waals surface area contributed by atoms with Crippen molar-refractivity contribution < 1.29 is 22.5 Å². The number of rotatable bonds is 4. The Hall–Kier alpha value is -0.270. The molecular weight excluding hydrogens is 207 g/mol. The van der Waals surface area contributed by atoms with Crippen molar-refractivity contribution >= 4 is 17.6 Å². The first-order valence-corrected chi connectivity index (χ1v) is 4.52. The Balaban J connectivity index is 4.02. The van der Waals surface area contributed by atoms with E-state index in [1.165, 1.54) is 13.8 Å². The van der Waals surface area contributed by atoms with Gasteiger partial charge in [-0.05, 0) is 13.8 Å². The molecule has 0 heterocycles. The van der Waals surface area contributed by atoms with E-state index in [9.17, 15) is 22.5 Å². The number of nitrogens with one attached hydrogen (secondary N) is 1. The van der Waals surface area contributed by atoms with Crippen molar-refractivity contribution in [1.29, 1.82) is 0 Å². The van der Waals surface area contributed by atoms with Gasteiger partial charge in [-0.3, -0.25) is 4.79 Å². The molecule has 0 aliphatic heterocycles. The third kappa shape index (κ3) is 5.12. The molecule has 1 atom stereocenters. The average Bonchev–Trinajstić information content (AvgIpc) is 1.98. The Morgan fingerprint density at radius 1 is 1.46 bits per heavy atom. The molecule has 0 aromatic carbocycles. The van der Waals surface area contributed by atoms with Gasteiger partial charge in [0.15, 0.2) is 11.0 Å². The maximum atomic E-state index is 11.6. The van der Waals surface area contributed by atoms with Crippen molar-refractivity contribution in [3.8, 4) is 0 Å². The zero-order valence-corrected chi connectivity index (χ0v) is 7.96. The Morgan fingerprint density at radius 2 is 1.92 bits per heavy atom. The molecular formula is C6H10F3NO2S. The molecule has 7 heteroatoms. The fourth-order valence-corrected chi connectivity index (χ4v) is 1.13. The summed E-state index contributed by atoms with van der Waals surface area (Å²) in [6, 6.07) is 0. The number of carbonyl (C=O) groups excluding carboxylic acids is 1. The van der Waals surface area contributed by atoms with Gasteiger partial charge < -0.3 is 4.55 Å². The summed E-state index contributed by atoms with van der Waals surface area (Å²) in [6.45, 7) is 1.22. The second-order valence-corrected chi connectivity index (χ2v) is 4.80. The first-order chi connectivity index (χ1) is 5.69. The van der Waals surface area contributed by atoms with Crippen LogP contribution in [0.2, 0.25) is 0 Å². The summed E-state index contributed by atoms with van der Waals surface area (Å²) in [4.78, 5) is 10.3. The summed E-state index contributed by atoms with van der Waals surface area (Å²) in [7, 11) is 0. The molecule has 3 nitrogen and oxygen atoms in total. The van der Waals surface area contributed by atoms with Gasteiger partial charge in [0.25, 0.3) is 0 Å². The molecule has 0 rings (SSSR count). The SMILES string of the molecule is CC(C)(C=O)[S+]([O-])NCC(F)(F)F. The summed E-state index contributed by atoms with van der Waals surface area (Å²) < 4.78 is 46.3. The molecule has 0 saturated carbocycles. The molecule has 0 aliphatic carbocycles. The minimum atomic E-state index is -4.42. The number of carbonyl (C=O) groups is 1. The minimum Gasteiger partial charge on any atom is -0.597 e. The molecule has 0 aliphatic rings. The minimum absolute atomic E-state index is 0.354. The molecule has 0 fully saturated rings. The van der Waals surface area contributed by atoms with Crippen molar-refractivity contribution in [2.45, 2.75) is 24.8 Å². The average molecular weight is 217 g/mol. The summed E-state index contributed by atoms with van der Waals surface area (Å²) in [6.07, 6.45) is -4.07. The lowest BCUT2D eigenvalue weighted by Crippen LogP contribution is -2.46. The van der Waals surface area contributed by atoms with Crippen LogP contribution in [0.5, 0.6) is 0 Å². The van der Waals surface area contributed by atoms with Gasteiger partial charge >= 0.3 is 6.18 Å². The lowest BCUT2D eigenvalue weighted by atomic mass is 10.2. The Kier molecular flexibility index (Phi) is 4.21. The molecule has 1 N–H and O–H groups in total. The molecule has 0 saturated heterocycles. The fourth-order valence-electron chi connectivity index (χ4n) is 0.377. The molecule has 0 bridgehead atoms. The van der Waals surface area contributed by atoms with Gasteiger partial charge in [0.1, 0.15) is 6.54 Å². The first kappa shape index (κ1) is 12.7. The van der Waals surface area contributed by atoms with Crippen molar-refractivity contribution in [3.05, 3.63) is 0 Å². The van der Waals surface area contributed by atoms with Crippen LogP contribution in [0.25, 0.3) is 0 Å². The number of aldehydes is 1. The Morgan fingerprint density at radius 3 is 2.23 bits per heavy atom. The fraction of sp³-hybridized carbons (Fsp3) is 0.833. The maximum absolute atomic E-state index is 11.6. The van der Waals surface area contributed by atoms with E-state index in [2.05, 4.69) is 0 Å². The van der Waals surface area contributed by atoms with Gasteiger partial charge in [0.2, 0.25) is 0 Å². The summed E-state index contributed by atoms with van der Waals surface area (Å²) in [5, 5.41) is 0. The summed E-state index contributed by atoms with van der Waals surface area (Å²) in [5.74, 6) is 0. The smallest absolute Gasteiger partial charge is 0.405 e. The maximum Gasteiger partial charge on any atom is 0.405 e. The van der Waals surface area contributed by atoms with Crippen LogP contribution >= 0.6 is 0 Å². The van der Waals surface area contributed by atoms with E-state index in [0.29, 0.717) is 6.29 Å². The zero-order valence-electron chi connectivity index (χ0n) is 7.14. The Bertz CT molecular complexity index is 183. The van der Waals surface area contributed by atoms with Gasteiger partial charge in [-0.2, -0.15) is 13.2 Å². The molecule has 0 spiro atoms. The van der Waals surface area contributed by atoms with Crippen molar-refractivity contribution in [1.82, 2.24) is 4.72 Å². The molecule has 78 valence electrons. The van der Waals surface area contributed by atoms with Gasteiger partial charge in [0, 0.05) is 0 Å². The van der Waals surface area contributed by atoms with Gasteiger partial charge in [0.05, 0.1) is 11.4 Å². The highest BCUT2D eigenvalue weighted by atomic mass is 32.2.